The lowest BCUT2D eigenvalue weighted by Crippen LogP contribution is -2.62. The number of carbonyl (C=O) groups excluding carboxylic acids is 2. The van der Waals surface area contributed by atoms with E-state index < -0.39 is 24.1 Å². The average Bonchev–Trinajstić information content (AvgIpc) is 2.50. The van der Waals surface area contributed by atoms with E-state index in [0.29, 0.717) is 13.1 Å². The minimum absolute atomic E-state index is 0.134. The Morgan fingerprint density at radius 3 is 2.41 bits per heavy atom. The molecule has 0 bridgehead atoms. The maximum atomic E-state index is 12.7. The van der Waals surface area contributed by atoms with Gasteiger partial charge in [0, 0.05) is 19.6 Å². The Kier molecular flexibility index (Phi) is 6.76. The first-order valence-electron chi connectivity index (χ1n) is 7.51. The Morgan fingerprint density at radius 1 is 1.27 bits per heavy atom. The molecule has 0 aromatic carbocycles. The summed E-state index contributed by atoms with van der Waals surface area (Å²) in [5.74, 6) is -1.81. The van der Waals surface area contributed by atoms with E-state index >= 15 is 0 Å². The number of nitrogens with one attached hydrogen (secondary N) is 3. The number of aliphatic carboxylic acids is 1. The summed E-state index contributed by atoms with van der Waals surface area (Å²) < 4.78 is 0. The Bertz CT molecular complexity index is 427. The third kappa shape index (κ3) is 4.41. The van der Waals surface area contributed by atoms with Gasteiger partial charge in [0.2, 0.25) is 11.8 Å². The topological polar surface area (TPSA) is 111 Å². The molecule has 22 heavy (non-hydrogen) atoms. The molecule has 0 aromatic rings. The van der Waals surface area contributed by atoms with Crippen LogP contribution in [0.1, 0.15) is 20.8 Å². The zero-order valence-electron chi connectivity index (χ0n) is 13.5. The summed E-state index contributed by atoms with van der Waals surface area (Å²) in [5, 5.41) is 17.8. The van der Waals surface area contributed by atoms with Crippen LogP contribution in [0.25, 0.3) is 0 Å². The molecular formula is C14H26N4O4. The van der Waals surface area contributed by atoms with Gasteiger partial charge in [-0.05, 0) is 19.9 Å². The van der Waals surface area contributed by atoms with E-state index in [0.717, 1.165) is 0 Å². The number of carboxylic acid groups (broad SMARTS) is 1. The van der Waals surface area contributed by atoms with Gasteiger partial charge in [0.05, 0.1) is 6.04 Å². The predicted octanol–water partition coefficient (Wildman–Crippen LogP) is -1.38. The van der Waals surface area contributed by atoms with Crippen LogP contribution in [0.4, 0.5) is 0 Å². The first-order chi connectivity index (χ1) is 10.3. The summed E-state index contributed by atoms with van der Waals surface area (Å²) in [7, 11) is 1.66. The second kappa shape index (κ2) is 8.09. The van der Waals surface area contributed by atoms with Gasteiger partial charge in [-0.3, -0.25) is 9.59 Å². The third-order valence-electron chi connectivity index (χ3n) is 3.87. The van der Waals surface area contributed by atoms with E-state index in [9.17, 15) is 19.5 Å². The highest BCUT2D eigenvalue weighted by molar-refractivity contribution is 5.92. The van der Waals surface area contributed by atoms with Gasteiger partial charge < -0.3 is 26.0 Å². The fraction of sp³-hybridized carbons (Fsp3) is 0.786. The number of carboxylic acids is 1. The molecule has 1 fully saturated rings. The standard InChI is InChI=1S/C14H26N4O4/c1-8(2)11(17-12(19)9(3)15-4)13(20)18-6-5-16-7-10(18)14(21)22/h8-11,15-16H,5-7H2,1-4H3,(H,17,19)(H,21,22)/t9-,10-,11-/m0/s1. The zero-order chi connectivity index (χ0) is 16.9. The minimum atomic E-state index is -1.04. The predicted molar refractivity (Wildman–Crippen MR) is 81.3 cm³/mol. The maximum absolute atomic E-state index is 12.7. The molecule has 3 atom stereocenters. The van der Waals surface area contributed by atoms with Crippen LogP contribution in [0.15, 0.2) is 0 Å². The fourth-order valence-corrected chi connectivity index (χ4v) is 2.29. The number of amides is 2. The first kappa shape index (κ1) is 18.4. The molecular weight excluding hydrogens is 288 g/mol. The highest BCUT2D eigenvalue weighted by atomic mass is 16.4. The number of carbonyl (C=O) groups is 3. The molecule has 1 heterocycles. The molecule has 126 valence electrons. The Labute approximate surface area is 130 Å². The summed E-state index contributed by atoms with van der Waals surface area (Å²) in [6, 6.07) is -2.06. The van der Waals surface area contributed by atoms with Crippen molar-refractivity contribution in [1.82, 2.24) is 20.9 Å². The largest absolute Gasteiger partial charge is 0.480 e. The van der Waals surface area contributed by atoms with Crippen LogP contribution in [-0.2, 0) is 14.4 Å². The monoisotopic (exact) mass is 314 g/mol. The van der Waals surface area contributed by atoms with E-state index in [-0.39, 0.29) is 24.3 Å². The second-order valence-electron chi connectivity index (χ2n) is 5.83. The molecule has 4 N–H and O–H groups in total. The van der Waals surface area contributed by atoms with Gasteiger partial charge in [-0.1, -0.05) is 13.8 Å². The van der Waals surface area contributed by atoms with Crippen LogP contribution in [0, 0.1) is 5.92 Å². The molecule has 0 aromatic heterocycles. The number of likely N-dealkylation sites (N-methyl/N-ethyl adjacent to an activating group) is 1. The Hall–Kier alpha value is -1.67. The molecule has 0 unspecified atom stereocenters. The normalized spacial score (nSPS) is 21.3. The Balaban J connectivity index is 2.87. The van der Waals surface area contributed by atoms with Crippen LogP contribution in [0.3, 0.4) is 0 Å². The highest BCUT2D eigenvalue weighted by Gasteiger charge is 2.37. The lowest BCUT2D eigenvalue weighted by Gasteiger charge is -2.37. The third-order valence-corrected chi connectivity index (χ3v) is 3.87. The van der Waals surface area contributed by atoms with Crippen LogP contribution >= 0.6 is 0 Å². The molecule has 0 spiro atoms. The Morgan fingerprint density at radius 2 is 1.91 bits per heavy atom. The van der Waals surface area contributed by atoms with Crippen LogP contribution < -0.4 is 16.0 Å². The van der Waals surface area contributed by atoms with Gasteiger partial charge in [-0.25, -0.2) is 4.79 Å². The zero-order valence-corrected chi connectivity index (χ0v) is 13.5. The van der Waals surface area contributed by atoms with Gasteiger partial charge in [0.1, 0.15) is 12.1 Å². The number of nitrogens with zero attached hydrogens (tertiary/aromatic N) is 1. The van der Waals surface area contributed by atoms with E-state index in [1.165, 1.54) is 4.90 Å². The number of hydrogen-bond donors (Lipinski definition) is 4. The van der Waals surface area contributed by atoms with Crippen molar-refractivity contribution in [3.8, 4) is 0 Å². The summed E-state index contributed by atoms with van der Waals surface area (Å²) in [4.78, 5) is 37.4. The quantitative estimate of drug-likeness (QED) is 0.481. The second-order valence-corrected chi connectivity index (χ2v) is 5.83. The molecule has 8 heteroatoms. The van der Waals surface area contributed by atoms with Crippen molar-refractivity contribution in [3.05, 3.63) is 0 Å². The SMILES string of the molecule is CN[C@@H](C)C(=O)N[C@H](C(=O)N1CCNC[C@H]1C(=O)O)C(C)C. The van der Waals surface area contributed by atoms with E-state index in [2.05, 4.69) is 16.0 Å². The summed E-state index contributed by atoms with van der Waals surface area (Å²) in [5.41, 5.74) is 0. The van der Waals surface area contributed by atoms with Gasteiger partial charge in [-0.15, -0.1) is 0 Å². The van der Waals surface area contributed by atoms with Crippen molar-refractivity contribution >= 4 is 17.8 Å². The van der Waals surface area contributed by atoms with Crippen molar-refractivity contribution < 1.29 is 19.5 Å². The molecule has 2 amide bonds. The van der Waals surface area contributed by atoms with Gasteiger partial charge in [-0.2, -0.15) is 0 Å². The number of hydrogen-bond acceptors (Lipinski definition) is 5. The average molecular weight is 314 g/mol. The molecule has 0 aliphatic carbocycles. The van der Waals surface area contributed by atoms with Crippen molar-refractivity contribution in [1.29, 1.82) is 0 Å². The van der Waals surface area contributed by atoms with Gasteiger partial charge >= 0.3 is 5.97 Å². The minimum Gasteiger partial charge on any atom is -0.480 e. The van der Waals surface area contributed by atoms with Crippen LogP contribution in [0.5, 0.6) is 0 Å². The van der Waals surface area contributed by atoms with Crippen molar-refractivity contribution in [2.75, 3.05) is 26.7 Å². The summed E-state index contributed by atoms with van der Waals surface area (Å²) in [6.07, 6.45) is 0. The lowest BCUT2D eigenvalue weighted by molar-refractivity contribution is -0.153. The summed E-state index contributed by atoms with van der Waals surface area (Å²) >= 11 is 0. The van der Waals surface area contributed by atoms with Crippen molar-refractivity contribution in [2.45, 2.75) is 38.9 Å². The molecule has 1 rings (SSSR count). The molecule has 0 saturated carbocycles. The first-order valence-corrected chi connectivity index (χ1v) is 7.51. The maximum Gasteiger partial charge on any atom is 0.327 e. The van der Waals surface area contributed by atoms with E-state index in [1.807, 2.05) is 13.8 Å². The molecule has 0 radical (unpaired) electrons. The van der Waals surface area contributed by atoms with Crippen LogP contribution in [-0.4, -0.2) is 72.6 Å². The molecule has 1 aliphatic heterocycles. The lowest BCUT2D eigenvalue weighted by atomic mass is 10.0. The van der Waals surface area contributed by atoms with Crippen LogP contribution in [0.2, 0.25) is 0 Å². The van der Waals surface area contributed by atoms with Crippen molar-refractivity contribution in [2.24, 2.45) is 5.92 Å². The fourth-order valence-electron chi connectivity index (χ4n) is 2.29. The van der Waals surface area contributed by atoms with E-state index in [1.54, 1.807) is 14.0 Å². The molecule has 8 nitrogen and oxygen atoms in total. The highest BCUT2D eigenvalue weighted by Crippen LogP contribution is 2.12. The van der Waals surface area contributed by atoms with Gasteiger partial charge in [0.25, 0.3) is 0 Å². The summed E-state index contributed by atoms with van der Waals surface area (Å²) in [6.45, 7) is 6.42. The smallest absolute Gasteiger partial charge is 0.327 e. The van der Waals surface area contributed by atoms with Gasteiger partial charge in [0.15, 0.2) is 0 Å². The van der Waals surface area contributed by atoms with Crippen molar-refractivity contribution in [3.63, 3.8) is 0 Å². The molecule has 1 aliphatic rings. The van der Waals surface area contributed by atoms with E-state index in [4.69, 9.17) is 0 Å². The number of piperazine rings is 1. The molecule has 1 saturated heterocycles. The number of rotatable bonds is 6.